The van der Waals surface area contributed by atoms with Gasteiger partial charge in [-0.3, -0.25) is 0 Å². The van der Waals surface area contributed by atoms with E-state index in [0.717, 1.165) is 5.47 Å². The Balaban J connectivity index is 1.81. The van der Waals surface area contributed by atoms with Crippen LogP contribution in [0.1, 0.15) is 51.4 Å². The Kier molecular flexibility index (Phi) is 5.32. The fourth-order valence-electron chi connectivity index (χ4n) is 2.22. The molecule has 1 aromatic rings. The van der Waals surface area contributed by atoms with Crippen molar-refractivity contribution in [1.29, 1.82) is 0 Å². The maximum Gasteiger partial charge on any atom is 0.489 e. The lowest BCUT2D eigenvalue weighted by molar-refractivity contribution is 0.00578. The summed E-state index contributed by atoms with van der Waals surface area (Å²) in [5, 5.41) is 0. The highest BCUT2D eigenvalue weighted by molar-refractivity contribution is 6.54. The van der Waals surface area contributed by atoms with Crippen LogP contribution in [0.5, 0.6) is 0 Å². The Hall–Kier alpha value is -1.59. The number of allylic oxidation sites excluding steroid dienone is 1. The molecule has 1 saturated heterocycles. The molecule has 1 fully saturated rings. The molecule has 4 nitrogen and oxygen atoms in total. The smallest absolute Gasteiger partial charge is 0.462 e. The van der Waals surface area contributed by atoms with Crippen molar-refractivity contribution in [3.63, 3.8) is 0 Å². The van der Waals surface area contributed by atoms with E-state index >= 15 is 0 Å². The average Bonchev–Trinajstić information content (AvgIpc) is 2.72. The monoisotopic (exact) mass is 316 g/mol. The molecular weight excluding hydrogens is 291 g/mol. The Morgan fingerprint density at radius 2 is 1.70 bits per heavy atom. The van der Waals surface area contributed by atoms with Crippen molar-refractivity contribution in [1.82, 2.24) is 0 Å². The van der Waals surface area contributed by atoms with Crippen molar-refractivity contribution >= 4 is 13.1 Å². The first kappa shape index (κ1) is 17.8. The minimum Gasteiger partial charge on any atom is -0.462 e. The van der Waals surface area contributed by atoms with E-state index in [2.05, 4.69) is 0 Å². The minimum atomic E-state index is -0.343. The molecule has 1 aliphatic heterocycles. The Morgan fingerprint density at radius 1 is 1.13 bits per heavy atom. The molecule has 1 heterocycles. The second-order valence-electron chi connectivity index (χ2n) is 6.83. The molecule has 0 radical (unpaired) electrons. The van der Waals surface area contributed by atoms with Gasteiger partial charge in [-0.2, -0.15) is 0 Å². The number of hydrogen-bond acceptors (Lipinski definition) is 4. The number of rotatable bonds is 5. The molecule has 1 aliphatic rings. The molecular formula is C18H25BO4. The van der Waals surface area contributed by atoms with Crippen molar-refractivity contribution < 1.29 is 18.8 Å². The number of carbonyl (C=O) groups is 1. The summed E-state index contributed by atoms with van der Waals surface area (Å²) in [6.07, 6.45) is 2.63. The summed E-state index contributed by atoms with van der Waals surface area (Å²) in [6.45, 7) is 10.4. The van der Waals surface area contributed by atoms with Crippen LogP contribution in [-0.4, -0.2) is 30.9 Å². The van der Waals surface area contributed by atoms with E-state index in [4.69, 9.17) is 14.0 Å². The van der Waals surface area contributed by atoms with E-state index in [-0.39, 0.29) is 24.3 Å². The SMILES string of the molecule is C/C(=C\CCOC(=O)c1ccccc1)B1OC(C)(C)C(C)(C)O1. The van der Waals surface area contributed by atoms with Gasteiger partial charge in [-0.15, -0.1) is 0 Å². The topological polar surface area (TPSA) is 44.8 Å². The summed E-state index contributed by atoms with van der Waals surface area (Å²) in [5.74, 6) is -0.299. The molecule has 1 aromatic carbocycles. The van der Waals surface area contributed by atoms with Gasteiger partial charge in [-0.1, -0.05) is 24.3 Å². The Morgan fingerprint density at radius 3 is 2.26 bits per heavy atom. The van der Waals surface area contributed by atoms with Crippen molar-refractivity contribution in [2.24, 2.45) is 0 Å². The van der Waals surface area contributed by atoms with Gasteiger partial charge in [0.15, 0.2) is 0 Å². The first-order valence-corrected chi connectivity index (χ1v) is 7.97. The summed E-state index contributed by atoms with van der Waals surface area (Å²) in [6, 6.07) is 8.99. The van der Waals surface area contributed by atoms with Crippen molar-refractivity contribution in [3.8, 4) is 0 Å². The van der Waals surface area contributed by atoms with Gasteiger partial charge < -0.3 is 14.0 Å². The number of benzene rings is 1. The van der Waals surface area contributed by atoms with Crippen LogP contribution in [0.25, 0.3) is 0 Å². The van der Waals surface area contributed by atoms with Crippen LogP contribution in [0, 0.1) is 0 Å². The normalized spacial score (nSPS) is 19.7. The molecule has 0 N–H and O–H groups in total. The van der Waals surface area contributed by atoms with Crippen molar-refractivity contribution in [2.45, 2.75) is 52.2 Å². The first-order chi connectivity index (χ1) is 10.7. The zero-order valence-electron chi connectivity index (χ0n) is 14.6. The van der Waals surface area contributed by atoms with Crippen LogP contribution < -0.4 is 0 Å². The molecule has 0 atom stereocenters. The van der Waals surface area contributed by atoms with Gasteiger partial charge in [-0.05, 0) is 58.6 Å². The summed E-state index contributed by atoms with van der Waals surface area (Å²) >= 11 is 0. The predicted molar refractivity (Wildman–Crippen MR) is 91.2 cm³/mol. The zero-order chi connectivity index (χ0) is 17.1. The Labute approximate surface area is 139 Å². The molecule has 0 spiro atoms. The van der Waals surface area contributed by atoms with Crippen LogP contribution in [0.2, 0.25) is 0 Å². The summed E-state index contributed by atoms with van der Waals surface area (Å²) < 4.78 is 17.2. The third-order valence-corrected chi connectivity index (χ3v) is 4.45. The van der Waals surface area contributed by atoms with Crippen LogP contribution >= 0.6 is 0 Å². The second-order valence-corrected chi connectivity index (χ2v) is 6.83. The highest BCUT2D eigenvalue weighted by Gasteiger charge is 2.51. The first-order valence-electron chi connectivity index (χ1n) is 7.97. The second kappa shape index (κ2) is 6.89. The maximum atomic E-state index is 11.8. The van der Waals surface area contributed by atoms with Gasteiger partial charge in [-0.25, -0.2) is 4.79 Å². The van der Waals surface area contributed by atoms with E-state index in [1.165, 1.54) is 0 Å². The Bertz CT molecular complexity index is 562. The molecule has 0 bridgehead atoms. The van der Waals surface area contributed by atoms with Gasteiger partial charge in [0.25, 0.3) is 0 Å². The molecule has 0 aliphatic carbocycles. The number of ether oxygens (including phenoxy) is 1. The predicted octanol–water partition coefficient (Wildman–Crippen LogP) is 3.81. The number of esters is 1. The van der Waals surface area contributed by atoms with Crippen molar-refractivity contribution in [2.75, 3.05) is 6.61 Å². The maximum absolute atomic E-state index is 11.8. The third kappa shape index (κ3) is 4.24. The highest BCUT2D eigenvalue weighted by atomic mass is 16.7. The van der Waals surface area contributed by atoms with E-state index in [9.17, 15) is 4.79 Å². The lowest BCUT2D eigenvalue weighted by Crippen LogP contribution is -2.41. The zero-order valence-corrected chi connectivity index (χ0v) is 14.6. The number of carbonyl (C=O) groups excluding carboxylic acids is 1. The van der Waals surface area contributed by atoms with Gasteiger partial charge >= 0.3 is 13.1 Å². The fraction of sp³-hybridized carbons (Fsp3) is 0.500. The molecule has 0 amide bonds. The highest BCUT2D eigenvalue weighted by Crippen LogP contribution is 2.38. The number of hydrogen-bond donors (Lipinski definition) is 0. The van der Waals surface area contributed by atoms with Gasteiger partial charge in [0.05, 0.1) is 23.4 Å². The van der Waals surface area contributed by atoms with E-state index in [0.29, 0.717) is 18.6 Å². The molecule has 23 heavy (non-hydrogen) atoms. The summed E-state index contributed by atoms with van der Waals surface area (Å²) in [4.78, 5) is 11.8. The van der Waals surface area contributed by atoms with Gasteiger partial charge in [0, 0.05) is 0 Å². The van der Waals surface area contributed by atoms with Crippen LogP contribution in [-0.2, 0) is 14.0 Å². The standard InChI is InChI=1S/C18H25BO4/c1-14(19-22-17(2,3)18(4,5)23-19)10-9-13-21-16(20)15-11-7-6-8-12-15/h6-8,10-12H,9,13H2,1-5H3/b14-10+. The lowest BCUT2D eigenvalue weighted by Gasteiger charge is -2.32. The quantitative estimate of drug-likeness (QED) is 0.471. The third-order valence-electron chi connectivity index (χ3n) is 4.45. The van der Waals surface area contributed by atoms with Crippen LogP contribution in [0.3, 0.4) is 0 Å². The van der Waals surface area contributed by atoms with Crippen molar-refractivity contribution in [3.05, 3.63) is 47.4 Å². The van der Waals surface area contributed by atoms with Gasteiger partial charge in [0.1, 0.15) is 0 Å². The average molecular weight is 316 g/mol. The summed E-state index contributed by atoms with van der Waals surface area (Å²) in [5.41, 5.74) is 0.887. The molecule has 2 rings (SSSR count). The largest absolute Gasteiger partial charge is 0.489 e. The van der Waals surface area contributed by atoms with E-state index < -0.39 is 0 Å². The van der Waals surface area contributed by atoms with E-state index in [1.807, 2.05) is 58.9 Å². The lowest BCUT2D eigenvalue weighted by atomic mass is 9.79. The molecule has 0 unspecified atom stereocenters. The molecule has 0 aromatic heterocycles. The molecule has 5 heteroatoms. The van der Waals surface area contributed by atoms with Crippen LogP contribution in [0.4, 0.5) is 0 Å². The fourth-order valence-corrected chi connectivity index (χ4v) is 2.22. The van der Waals surface area contributed by atoms with E-state index in [1.54, 1.807) is 12.1 Å². The van der Waals surface area contributed by atoms with Gasteiger partial charge in [0.2, 0.25) is 0 Å². The molecule has 0 saturated carbocycles. The molecule has 124 valence electrons. The summed E-state index contributed by atoms with van der Waals surface area (Å²) in [7, 11) is -0.343. The van der Waals surface area contributed by atoms with Crippen LogP contribution in [0.15, 0.2) is 41.9 Å². The minimum absolute atomic E-state index is 0.299.